The molecule has 1 aromatic heterocycles. The van der Waals surface area contributed by atoms with Crippen LogP contribution < -0.4 is 5.32 Å². The Morgan fingerprint density at radius 3 is 2.69 bits per heavy atom. The molecule has 0 bridgehead atoms. The van der Waals surface area contributed by atoms with Gasteiger partial charge in [0.1, 0.15) is 5.82 Å². The lowest BCUT2D eigenvalue weighted by atomic mass is 10.2. The summed E-state index contributed by atoms with van der Waals surface area (Å²) in [5.41, 5.74) is 0.282. The molecule has 0 saturated carbocycles. The molecule has 3 rings (SSSR count). The third-order valence-corrected chi connectivity index (χ3v) is 6.77. The lowest BCUT2D eigenvalue weighted by Crippen LogP contribution is -2.39. The highest BCUT2D eigenvalue weighted by Gasteiger charge is 2.33. The SMILES string of the molecule is Cn1cc(C(=O)NCc2ccccc2F)c(S(=O)(=O)N2CCSCC2)n1. The molecule has 0 atom stereocenters. The van der Waals surface area contributed by atoms with Gasteiger partial charge in [0.05, 0.1) is 5.56 Å². The summed E-state index contributed by atoms with van der Waals surface area (Å²) in [6.45, 7) is 0.736. The van der Waals surface area contributed by atoms with Crippen molar-refractivity contribution in [2.24, 2.45) is 7.05 Å². The number of thioether (sulfide) groups is 1. The van der Waals surface area contributed by atoms with E-state index in [1.54, 1.807) is 37.0 Å². The zero-order valence-electron chi connectivity index (χ0n) is 14.2. The molecule has 1 saturated heterocycles. The highest BCUT2D eigenvalue weighted by atomic mass is 32.2. The van der Waals surface area contributed by atoms with E-state index in [9.17, 15) is 17.6 Å². The highest BCUT2D eigenvalue weighted by molar-refractivity contribution is 7.99. The molecule has 26 heavy (non-hydrogen) atoms. The smallest absolute Gasteiger partial charge is 0.263 e. The van der Waals surface area contributed by atoms with Crippen molar-refractivity contribution in [3.05, 3.63) is 47.4 Å². The Bertz CT molecular complexity index is 908. The topological polar surface area (TPSA) is 84.3 Å². The van der Waals surface area contributed by atoms with Gasteiger partial charge in [-0.2, -0.15) is 21.2 Å². The van der Waals surface area contributed by atoms with E-state index >= 15 is 0 Å². The van der Waals surface area contributed by atoms with E-state index in [-0.39, 0.29) is 17.1 Å². The lowest BCUT2D eigenvalue weighted by Gasteiger charge is -2.24. The maximum absolute atomic E-state index is 13.7. The van der Waals surface area contributed by atoms with Crippen molar-refractivity contribution in [2.75, 3.05) is 24.6 Å². The summed E-state index contributed by atoms with van der Waals surface area (Å²) in [5, 5.41) is 6.30. The number of hydrogen-bond acceptors (Lipinski definition) is 5. The molecule has 140 valence electrons. The minimum absolute atomic E-state index is 0.0398. The van der Waals surface area contributed by atoms with E-state index in [1.165, 1.54) is 21.3 Å². The summed E-state index contributed by atoms with van der Waals surface area (Å²) in [6.07, 6.45) is 1.36. The molecule has 2 aromatic rings. The number of hydrogen-bond donors (Lipinski definition) is 1. The molecular weight excluding hydrogens is 379 g/mol. The number of rotatable bonds is 5. The van der Waals surface area contributed by atoms with Gasteiger partial charge in [0.15, 0.2) is 0 Å². The fourth-order valence-electron chi connectivity index (χ4n) is 2.64. The van der Waals surface area contributed by atoms with Gasteiger partial charge < -0.3 is 5.32 Å². The van der Waals surface area contributed by atoms with Crippen molar-refractivity contribution < 1.29 is 17.6 Å². The number of carbonyl (C=O) groups excluding carboxylic acids is 1. The second-order valence-electron chi connectivity index (χ2n) is 5.81. The Hall–Kier alpha value is -1.91. The number of nitrogens with one attached hydrogen (secondary N) is 1. The van der Waals surface area contributed by atoms with Crippen LogP contribution in [-0.4, -0.2) is 53.0 Å². The van der Waals surface area contributed by atoms with Crippen LogP contribution >= 0.6 is 11.8 Å². The van der Waals surface area contributed by atoms with Crippen LogP contribution in [0.15, 0.2) is 35.5 Å². The number of aromatic nitrogens is 2. The quantitative estimate of drug-likeness (QED) is 0.819. The summed E-state index contributed by atoms with van der Waals surface area (Å²) in [7, 11) is -2.30. The average molecular weight is 398 g/mol. The van der Waals surface area contributed by atoms with E-state index in [0.29, 0.717) is 30.2 Å². The van der Waals surface area contributed by atoms with Crippen molar-refractivity contribution in [1.29, 1.82) is 0 Å². The summed E-state index contributed by atoms with van der Waals surface area (Å²) in [4.78, 5) is 12.5. The second kappa shape index (κ2) is 7.77. The summed E-state index contributed by atoms with van der Waals surface area (Å²) in [6, 6.07) is 6.08. The molecule has 1 aliphatic heterocycles. The van der Waals surface area contributed by atoms with E-state index < -0.39 is 21.7 Å². The zero-order chi connectivity index (χ0) is 18.7. The molecule has 1 aromatic carbocycles. The Morgan fingerprint density at radius 1 is 1.31 bits per heavy atom. The first-order chi connectivity index (χ1) is 12.4. The van der Waals surface area contributed by atoms with E-state index in [0.717, 1.165) is 0 Å². The van der Waals surface area contributed by atoms with Gasteiger partial charge in [0, 0.05) is 49.9 Å². The van der Waals surface area contributed by atoms with Gasteiger partial charge in [0.2, 0.25) is 5.03 Å². The first-order valence-electron chi connectivity index (χ1n) is 8.03. The van der Waals surface area contributed by atoms with Gasteiger partial charge in [-0.1, -0.05) is 18.2 Å². The number of carbonyl (C=O) groups is 1. The standard InChI is InChI=1S/C16H19FN4O3S2/c1-20-11-13(15(22)18-10-12-4-2-3-5-14(12)17)16(19-20)26(23,24)21-6-8-25-9-7-21/h2-5,11H,6-10H2,1H3,(H,18,22). The Labute approximate surface area is 155 Å². The van der Waals surface area contributed by atoms with Crippen LogP contribution in [0.2, 0.25) is 0 Å². The Kier molecular flexibility index (Phi) is 5.64. The summed E-state index contributed by atoms with van der Waals surface area (Å²) >= 11 is 1.69. The van der Waals surface area contributed by atoms with Gasteiger partial charge in [-0.25, -0.2) is 12.8 Å². The van der Waals surface area contributed by atoms with Crippen molar-refractivity contribution in [1.82, 2.24) is 19.4 Å². The van der Waals surface area contributed by atoms with Crippen molar-refractivity contribution >= 4 is 27.7 Å². The normalized spacial score (nSPS) is 15.8. The number of amides is 1. The Morgan fingerprint density at radius 2 is 2.00 bits per heavy atom. The lowest BCUT2D eigenvalue weighted by molar-refractivity contribution is 0.0947. The Balaban J connectivity index is 1.82. The first-order valence-corrected chi connectivity index (χ1v) is 10.6. The molecule has 1 amide bonds. The predicted molar refractivity (Wildman–Crippen MR) is 96.9 cm³/mol. The number of aryl methyl sites for hydroxylation is 1. The summed E-state index contributed by atoms with van der Waals surface area (Å²) in [5.74, 6) is 0.380. The predicted octanol–water partition coefficient (Wildman–Crippen LogP) is 1.23. The molecule has 1 N–H and O–H groups in total. The third-order valence-electron chi connectivity index (χ3n) is 3.99. The number of halogens is 1. The number of sulfonamides is 1. The molecule has 0 radical (unpaired) electrons. The van der Waals surface area contributed by atoms with E-state index in [2.05, 4.69) is 10.4 Å². The van der Waals surface area contributed by atoms with Gasteiger partial charge in [0.25, 0.3) is 15.9 Å². The van der Waals surface area contributed by atoms with Crippen LogP contribution in [0.5, 0.6) is 0 Å². The number of nitrogens with zero attached hydrogens (tertiary/aromatic N) is 3. The van der Waals surface area contributed by atoms with Crippen LogP contribution in [0.1, 0.15) is 15.9 Å². The largest absolute Gasteiger partial charge is 0.348 e. The number of benzene rings is 1. The van der Waals surface area contributed by atoms with Crippen molar-refractivity contribution in [2.45, 2.75) is 11.6 Å². The maximum atomic E-state index is 13.7. The minimum atomic E-state index is -3.85. The monoisotopic (exact) mass is 398 g/mol. The maximum Gasteiger partial charge on any atom is 0.263 e. The van der Waals surface area contributed by atoms with Gasteiger partial charge in [-0.3, -0.25) is 9.48 Å². The average Bonchev–Trinajstić information content (AvgIpc) is 3.04. The second-order valence-corrected chi connectivity index (χ2v) is 8.89. The molecule has 1 fully saturated rings. The third kappa shape index (κ3) is 3.92. The fourth-order valence-corrected chi connectivity index (χ4v) is 5.33. The van der Waals surface area contributed by atoms with Crippen molar-refractivity contribution in [3.63, 3.8) is 0 Å². The molecule has 0 spiro atoms. The van der Waals surface area contributed by atoms with Gasteiger partial charge >= 0.3 is 0 Å². The molecular formula is C16H19FN4O3S2. The molecule has 0 aliphatic carbocycles. The van der Waals surface area contributed by atoms with Crippen LogP contribution in [0.25, 0.3) is 0 Å². The van der Waals surface area contributed by atoms with E-state index in [4.69, 9.17) is 0 Å². The first kappa shape index (κ1) is 18.9. The molecule has 1 aliphatic rings. The van der Waals surface area contributed by atoms with Gasteiger partial charge in [-0.15, -0.1) is 0 Å². The van der Waals surface area contributed by atoms with Crippen LogP contribution in [-0.2, 0) is 23.6 Å². The fraction of sp³-hybridized carbons (Fsp3) is 0.375. The zero-order valence-corrected chi connectivity index (χ0v) is 15.8. The van der Waals surface area contributed by atoms with Gasteiger partial charge in [-0.05, 0) is 6.07 Å². The molecule has 2 heterocycles. The highest BCUT2D eigenvalue weighted by Crippen LogP contribution is 2.22. The molecule has 10 heteroatoms. The summed E-state index contributed by atoms with van der Waals surface area (Å²) < 4.78 is 42.0. The molecule has 0 unspecified atom stereocenters. The molecule has 7 nitrogen and oxygen atoms in total. The van der Waals surface area contributed by atoms with E-state index in [1.807, 2.05) is 0 Å². The minimum Gasteiger partial charge on any atom is -0.348 e. The van der Waals surface area contributed by atoms with Crippen LogP contribution in [0, 0.1) is 5.82 Å². The van der Waals surface area contributed by atoms with Crippen LogP contribution in [0.4, 0.5) is 4.39 Å². The van der Waals surface area contributed by atoms with Crippen molar-refractivity contribution in [3.8, 4) is 0 Å². The van der Waals surface area contributed by atoms with Crippen LogP contribution in [0.3, 0.4) is 0 Å².